The summed E-state index contributed by atoms with van der Waals surface area (Å²) in [6.07, 6.45) is 0. The van der Waals surface area contributed by atoms with Crippen molar-refractivity contribution in [3.05, 3.63) is 53.1 Å². The van der Waals surface area contributed by atoms with E-state index in [1.807, 2.05) is 0 Å². The van der Waals surface area contributed by atoms with Crippen LogP contribution in [-0.2, 0) is 5.41 Å². The average molecular weight is 293 g/mol. The highest BCUT2D eigenvalue weighted by molar-refractivity contribution is 5.80. The van der Waals surface area contributed by atoms with Crippen molar-refractivity contribution in [2.24, 2.45) is 0 Å². The highest BCUT2D eigenvalue weighted by Gasteiger charge is 2.13. The van der Waals surface area contributed by atoms with Gasteiger partial charge in [0.15, 0.2) is 0 Å². The average Bonchev–Trinajstić information content (AvgIpc) is 2.80. The minimum atomic E-state index is 0.174. The molecule has 0 radical (unpaired) electrons. The number of aromatic amines is 1. The Balaban J connectivity index is 1.87. The molecule has 1 aromatic heterocycles. The van der Waals surface area contributed by atoms with Crippen LogP contribution < -0.4 is 5.32 Å². The van der Waals surface area contributed by atoms with E-state index in [-0.39, 0.29) is 5.41 Å². The Morgan fingerprint density at radius 1 is 0.955 bits per heavy atom. The number of anilines is 2. The van der Waals surface area contributed by atoms with E-state index >= 15 is 0 Å². The molecule has 0 spiro atoms. The smallest absolute Gasteiger partial charge is 0.205 e. The number of rotatable bonds is 2. The van der Waals surface area contributed by atoms with E-state index in [1.54, 1.807) is 0 Å². The number of nitrogens with zero attached hydrogens (tertiary/aromatic N) is 1. The Kier molecular flexibility index (Phi) is 3.44. The maximum Gasteiger partial charge on any atom is 0.205 e. The van der Waals surface area contributed by atoms with E-state index in [9.17, 15) is 0 Å². The molecule has 3 rings (SSSR count). The van der Waals surface area contributed by atoms with Crippen LogP contribution in [0.3, 0.4) is 0 Å². The van der Waals surface area contributed by atoms with Crippen molar-refractivity contribution >= 4 is 22.7 Å². The van der Waals surface area contributed by atoms with E-state index in [0.717, 1.165) is 22.7 Å². The van der Waals surface area contributed by atoms with E-state index in [2.05, 4.69) is 86.3 Å². The van der Waals surface area contributed by atoms with Gasteiger partial charge in [-0.3, -0.25) is 0 Å². The van der Waals surface area contributed by atoms with Crippen molar-refractivity contribution in [2.45, 2.75) is 40.0 Å². The first kappa shape index (κ1) is 14.6. The Morgan fingerprint density at radius 2 is 1.59 bits per heavy atom. The zero-order valence-electron chi connectivity index (χ0n) is 13.9. The summed E-state index contributed by atoms with van der Waals surface area (Å²) in [6.45, 7) is 10.9. The first-order valence-corrected chi connectivity index (χ1v) is 7.67. The Morgan fingerprint density at radius 3 is 2.23 bits per heavy atom. The van der Waals surface area contributed by atoms with Gasteiger partial charge in [0.05, 0.1) is 11.0 Å². The van der Waals surface area contributed by atoms with Crippen LogP contribution >= 0.6 is 0 Å². The third kappa shape index (κ3) is 2.84. The van der Waals surface area contributed by atoms with Crippen molar-refractivity contribution in [3.63, 3.8) is 0 Å². The van der Waals surface area contributed by atoms with Crippen LogP contribution in [0.2, 0.25) is 0 Å². The molecule has 3 aromatic rings. The fourth-order valence-electron chi connectivity index (χ4n) is 2.52. The van der Waals surface area contributed by atoms with Crippen molar-refractivity contribution in [3.8, 4) is 0 Å². The zero-order chi connectivity index (χ0) is 15.9. The van der Waals surface area contributed by atoms with Crippen LogP contribution in [0.25, 0.3) is 11.0 Å². The van der Waals surface area contributed by atoms with E-state index in [1.165, 1.54) is 16.7 Å². The molecule has 3 heteroatoms. The third-order valence-electron chi connectivity index (χ3n) is 4.11. The summed E-state index contributed by atoms with van der Waals surface area (Å²) in [5, 5.41) is 3.34. The van der Waals surface area contributed by atoms with Crippen LogP contribution in [0.5, 0.6) is 0 Å². The molecule has 0 amide bonds. The first-order chi connectivity index (χ1) is 10.3. The number of aryl methyl sites for hydroxylation is 2. The van der Waals surface area contributed by atoms with Crippen molar-refractivity contribution in [2.75, 3.05) is 5.32 Å². The minimum absolute atomic E-state index is 0.174. The number of H-pyrrole nitrogens is 1. The molecule has 114 valence electrons. The summed E-state index contributed by atoms with van der Waals surface area (Å²) < 4.78 is 0. The minimum Gasteiger partial charge on any atom is -0.326 e. The fraction of sp³-hybridized carbons (Fsp3) is 0.316. The number of nitrogens with one attached hydrogen (secondary N) is 2. The molecule has 1 heterocycles. The maximum atomic E-state index is 4.61. The molecule has 0 atom stereocenters. The predicted octanol–water partition coefficient (Wildman–Crippen LogP) is 5.22. The molecule has 0 bridgehead atoms. The Bertz CT molecular complexity index is 766. The lowest BCUT2D eigenvalue weighted by Gasteiger charge is -2.19. The van der Waals surface area contributed by atoms with Gasteiger partial charge in [0.25, 0.3) is 0 Å². The lowest BCUT2D eigenvalue weighted by molar-refractivity contribution is 0.590. The summed E-state index contributed by atoms with van der Waals surface area (Å²) in [4.78, 5) is 7.95. The summed E-state index contributed by atoms with van der Waals surface area (Å²) in [5.41, 5.74) is 7.15. The summed E-state index contributed by atoms with van der Waals surface area (Å²) in [7, 11) is 0. The quantitative estimate of drug-likeness (QED) is 0.680. The van der Waals surface area contributed by atoms with Gasteiger partial charge in [0, 0.05) is 5.69 Å². The number of aromatic nitrogens is 2. The molecule has 0 aliphatic heterocycles. The molecular weight excluding hydrogens is 270 g/mol. The molecule has 0 aliphatic carbocycles. The molecule has 0 aliphatic rings. The van der Waals surface area contributed by atoms with Crippen molar-refractivity contribution < 1.29 is 0 Å². The summed E-state index contributed by atoms with van der Waals surface area (Å²) in [5.74, 6) is 0.781. The molecular formula is C19H23N3. The lowest BCUT2D eigenvalue weighted by atomic mass is 9.87. The SMILES string of the molecule is Cc1cc2nc(Nc3ccc(C(C)(C)C)cc3)[nH]c2cc1C. The topological polar surface area (TPSA) is 40.7 Å². The lowest BCUT2D eigenvalue weighted by Crippen LogP contribution is -2.10. The number of hydrogen-bond acceptors (Lipinski definition) is 2. The Labute approximate surface area is 131 Å². The van der Waals surface area contributed by atoms with Gasteiger partial charge in [-0.15, -0.1) is 0 Å². The van der Waals surface area contributed by atoms with Gasteiger partial charge in [0.2, 0.25) is 5.95 Å². The molecule has 0 saturated carbocycles. The van der Waals surface area contributed by atoms with Crippen LogP contribution in [0, 0.1) is 13.8 Å². The first-order valence-electron chi connectivity index (χ1n) is 7.67. The predicted molar refractivity (Wildman–Crippen MR) is 94.0 cm³/mol. The molecule has 2 N–H and O–H groups in total. The molecule has 0 unspecified atom stereocenters. The van der Waals surface area contributed by atoms with Crippen LogP contribution in [0.4, 0.5) is 11.6 Å². The highest BCUT2D eigenvalue weighted by atomic mass is 15.1. The standard InChI is InChI=1S/C19H23N3/c1-12-10-16-17(11-13(12)2)22-18(21-16)20-15-8-6-14(7-9-15)19(3,4)5/h6-11H,1-5H3,(H2,20,21,22). The number of hydrogen-bond donors (Lipinski definition) is 2. The van der Waals surface area contributed by atoms with Gasteiger partial charge < -0.3 is 10.3 Å². The van der Waals surface area contributed by atoms with E-state index in [4.69, 9.17) is 0 Å². The van der Waals surface area contributed by atoms with Crippen molar-refractivity contribution in [1.82, 2.24) is 9.97 Å². The number of imidazole rings is 1. The monoisotopic (exact) mass is 293 g/mol. The van der Waals surface area contributed by atoms with Gasteiger partial charge in [-0.2, -0.15) is 0 Å². The van der Waals surface area contributed by atoms with Gasteiger partial charge in [-0.1, -0.05) is 32.9 Å². The number of fused-ring (bicyclic) bond motifs is 1. The maximum absolute atomic E-state index is 4.61. The molecule has 2 aromatic carbocycles. The van der Waals surface area contributed by atoms with Crippen molar-refractivity contribution in [1.29, 1.82) is 0 Å². The Hall–Kier alpha value is -2.29. The largest absolute Gasteiger partial charge is 0.326 e. The van der Waals surface area contributed by atoms with Gasteiger partial charge >= 0.3 is 0 Å². The summed E-state index contributed by atoms with van der Waals surface area (Å²) in [6, 6.07) is 12.8. The van der Waals surface area contributed by atoms with E-state index in [0.29, 0.717) is 0 Å². The molecule has 0 fully saturated rings. The highest BCUT2D eigenvalue weighted by Crippen LogP contribution is 2.25. The van der Waals surface area contributed by atoms with Gasteiger partial charge in [0.1, 0.15) is 0 Å². The van der Waals surface area contributed by atoms with E-state index < -0.39 is 0 Å². The van der Waals surface area contributed by atoms with Gasteiger partial charge in [-0.05, 0) is 60.2 Å². The summed E-state index contributed by atoms with van der Waals surface area (Å²) >= 11 is 0. The second-order valence-corrected chi connectivity index (χ2v) is 6.99. The van der Waals surface area contributed by atoms with Crippen LogP contribution in [-0.4, -0.2) is 9.97 Å². The fourth-order valence-corrected chi connectivity index (χ4v) is 2.52. The van der Waals surface area contributed by atoms with Crippen LogP contribution in [0.15, 0.2) is 36.4 Å². The van der Waals surface area contributed by atoms with Crippen LogP contribution in [0.1, 0.15) is 37.5 Å². The second kappa shape index (κ2) is 5.16. The normalized spacial score (nSPS) is 11.9. The molecule has 3 nitrogen and oxygen atoms in total. The third-order valence-corrected chi connectivity index (χ3v) is 4.11. The molecule has 22 heavy (non-hydrogen) atoms. The zero-order valence-corrected chi connectivity index (χ0v) is 13.9. The van der Waals surface area contributed by atoms with Gasteiger partial charge in [-0.25, -0.2) is 4.98 Å². The number of benzene rings is 2. The second-order valence-electron chi connectivity index (χ2n) is 6.99. The molecule has 0 saturated heterocycles.